The van der Waals surface area contributed by atoms with E-state index >= 15 is 0 Å². The van der Waals surface area contributed by atoms with E-state index in [1.807, 2.05) is 0 Å². The maximum absolute atomic E-state index is 14.3. The van der Waals surface area contributed by atoms with Crippen LogP contribution in [0.25, 0.3) is 0 Å². The van der Waals surface area contributed by atoms with E-state index in [0.717, 1.165) is 12.8 Å². The SMILES string of the molecule is CC(NC(=O)C(CCN)NC(=O)C(N)CCCCN)C(=O)NCC(=O)N[C@H](CCCN)C(=O)N1CCC[C@H]1C(=O)NC(Cc1cnc[nH]1)C(=O)N[C@@H](CCCCN)C(=O)N/C(=C\CCNC(=N)N)C(=O)NCCCCCN. The maximum Gasteiger partial charge on any atom is 0.267 e. The minimum atomic E-state index is -1.31. The van der Waals surface area contributed by atoms with E-state index < -0.39 is 102 Å². The Morgan fingerprint density at radius 3 is 1.97 bits per heavy atom. The van der Waals surface area contributed by atoms with Gasteiger partial charge in [0.2, 0.25) is 47.3 Å². The lowest BCUT2D eigenvalue weighted by atomic mass is 10.1. The number of nitrogens with two attached hydrogens (primary N) is 7. The standard InChI is InChI=1S/C48H88N20O9/c1-30(62-43(73)35(17-22-53)64-41(71)32(54)12-3-6-19-50)40(70)60-28-39(69)63-36(14-9-21-52)47(77)68-25-11-16-38(68)46(76)67-37(26-31-27-57-29-61-31)45(75)66-34(13-4-7-20-51)44(74)65-33(15-10-24-59-48(55)56)42(72)58-23-8-2-5-18-49/h15,27,29-30,32,34-38H,2-14,16-26,28,49-54H2,1H3,(H,57,61)(H,58,72)(H,60,70)(H,62,73)(H,63,69)(H,64,71)(H,65,74)(H,66,75)(H,67,76)(H4,55,56,59)/b33-15-/t30?,32?,34-,35?,36+,37?,38-/m0/s1. The van der Waals surface area contributed by atoms with Gasteiger partial charge < -0.3 is 97.9 Å². The van der Waals surface area contributed by atoms with E-state index in [1.165, 1.54) is 30.4 Å². The second-order valence-electron chi connectivity index (χ2n) is 18.7. The van der Waals surface area contributed by atoms with Gasteiger partial charge in [-0.1, -0.05) is 18.9 Å². The number of hydrogen-bond acceptors (Lipinski definition) is 17. The normalized spacial score (nSPS) is 15.6. The molecule has 29 nitrogen and oxygen atoms in total. The van der Waals surface area contributed by atoms with Crippen molar-refractivity contribution < 1.29 is 43.2 Å². The summed E-state index contributed by atoms with van der Waals surface area (Å²) in [7, 11) is 0. The summed E-state index contributed by atoms with van der Waals surface area (Å²) in [5.74, 6) is -6.34. The lowest BCUT2D eigenvalue weighted by molar-refractivity contribution is -0.142. The maximum atomic E-state index is 14.3. The average Bonchev–Trinajstić information content (AvgIpc) is 4.12. The number of hydrogen-bond donors (Lipinski definition) is 18. The molecule has 0 aromatic carbocycles. The second-order valence-corrected chi connectivity index (χ2v) is 18.7. The minimum absolute atomic E-state index is 0.0439. The first-order valence-electron chi connectivity index (χ1n) is 26.6. The van der Waals surface area contributed by atoms with Crippen molar-refractivity contribution in [2.45, 2.75) is 152 Å². The Kier molecular flexibility index (Phi) is 32.6. The van der Waals surface area contributed by atoms with Crippen molar-refractivity contribution in [2.75, 3.05) is 58.9 Å². The lowest BCUT2D eigenvalue weighted by Crippen LogP contribution is -2.59. The zero-order chi connectivity index (χ0) is 57.1. The summed E-state index contributed by atoms with van der Waals surface area (Å²) >= 11 is 0. The van der Waals surface area contributed by atoms with Crippen LogP contribution in [0.4, 0.5) is 0 Å². The number of imidazole rings is 1. The van der Waals surface area contributed by atoms with E-state index in [9.17, 15) is 43.2 Å². The predicted molar refractivity (Wildman–Crippen MR) is 288 cm³/mol. The fourth-order valence-corrected chi connectivity index (χ4v) is 8.10. The van der Waals surface area contributed by atoms with Gasteiger partial charge in [0, 0.05) is 37.9 Å². The van der Waals surface area contributed by atoms with Crippen LogP contribution in [0.2, 0.25) is 0 Å². The molecule has 77 heavy (non-hydrogen) atoms. The van der Waals surface area contributed by atoms with Crippen molar-refractivity contribution >= 4 is 59.1 Å². The monoisotopic (exact) mass is 1090 g/mol. The number of carbonyl (C=O) groups excluding carboxylic acids is 9. The molecule has 25 N–H and O–H groups in total. The van der Waals surface area contributed by atoms with Gasteiger partial charge in [-0.2, -0.15) is 0 Å². The fraction of sp³-hybridized carbons (Fsp3) is 0.688. The van der Waals surface area contributed by atoms with Crippen molar-refractivity contribution in [1.82, 2.24) is 62.7 Å². The first-order valence-corrected chi connectivity index (χ1v) is 26.6. The molecule has 1 aromatic rings. The molecule has 1 aliphatic rings. The Bertz CT molecular complexity index is 2060. The van der Waals surface area contributed by atoms with Crippen molar-refractivity contribution in [3.8, 4) is 0 Å². The molecule has 0 bridgehead atoms. The summed E-state index contributed by atoms with van der Waals surface area (Å²) in [6, 6.07) is -7.89. The molecule has 2 rings (SSSR count). The van der Waals surface area contributed by atoms with Crippen LogP contribution in [0.5, 0.6) is 0 Å². The van der Waals surface area contributed by atoms with Crippen LogP contribution in [0.3, 0.4) is 0 Å². The van der Waals surface area contributed by atoms with E-state index in [-0.39, 0.29) is 76.4 Å². The van der Waals surface area contributed by atoms with Gasteiger partial charge in [0.25, 0.3) is 5.91 Å². The van der Waals surface area contributed by atoms with Crippen LogP contribution >= 0.6 is 0 Å². The van der Waals surface area contributed by atoms with Crippen molar-refractivity contribution in [3.63, 3.8) is 0 Å². The summed E-state index contributed by atoms with van der Waals surface area (Å²) < 4.78 is 0. The van der Waals surface area contributed by atoms with Gasteiger partial charge in [-0.05, 0) is 123 Å². The molecule has 9 amide bonds. The number of nitrogens with zero attached hydrogens (tertiary/aromatic N) is 2. The third kappa shape index (κ3) is 25.7. The quantitative estimate of drug-likeness (QED) is 0.0126. The molecule has 7 atom stereocenters. The Balaban J connectivity index is 2.23. The van der Waals surface area contributed by atoms with Crippen LogP contribution < -0.4 is 88.0 Å². The summed E-state index contributed by atoms with van der Waals surface area (Å²) in [6.45, 7) is 2.89. The van der Waals surface area contributed by atoms with Gasteiger partial charge in [0.15, 0.2) is 5.96 Å². The molecule has 0 spiro atoms. The summed E-state index contributed by atoms with van der Waals surface area (Å²) in [5, 5.41) is 31.2. The molecule has 1 fully saturated rings. The van der Waals surface area contributed by atoms with E-state index in [1.54, 1.807) is 0 Å². The number of guanidine groups is 1. The third-order valence-corrected chi connectivity index (χ3v) is 12.4. The van der Waals surface area contributed by atoms with Gasteiger partial charge in [-0.25, -0.2) is 4.98 Å². The first kappa shape index (κ1) is 66.3. The molecule has 1 saturated heterocycles. The predicted octanol–water partition coefficient (Wildman–Crippen LogP) is -5.71. The molecule has 2 heterocycles. The Hall–Kier alpha value is -6.79. The third-order valence-electron chi connectivity index (χ3n) is 12.4. The number of H-pyrrole nitrogens is 1. The molecule has 0 saturated carbocycles. The molecule has 434 valence electrons. The highest BCUT2D eigenvalue weighted by atomic mass is 16.2. The van der Waals surface area contributed by atoms with Gasteiger partial charge in [0.05, 0.1) is 18.9 Å². The zero-order valence-electron chi connectivity index (χ0n) is 44.6. The Morgan fingerprint density at radius 2 is 1.32 bits per heavy atom. The molecular weight excluding hydrogens is 1000 g/mol. The average molecular weight is 1090 g/mol. The number of aromatic amines is 1. The molecule has 1 aromatic heterocycles. The van der Waals surface area contributed by atoms with Crippen LogP contribution in [-0.2, 0) is 49.6 Å². The number of nitrogens with one attached hydrogen (secondary N) is 11. The number of carbonyl (C=O) groups is 9. The lowest BCUT2D eigenvalue weighted by Gasteiger charge is -2.30. The van der Waals surface area contributed by atoms with Crippen LogP contribution in [0.15, 0.2) is 24.3 Å². The zero-order valence-corrected chi connectivity index (χ0v) is 44.6. The van der Waals surface area contributed by atoms with Crippen molar-refractivity contribution in [1.29, 1.82) is 5.41 Å². The highest BCUT2D eigenvalue weighted by Crippen LogP contribution is 2.20. The molecule has 29 heteroatoms. The molecule has 0 aliphatic carbocycles. The molecular formula is C48H88N20O9. The van der Waals surface area contributed by atoms with E-state index in [0.29, 0.717) is 83.2 Å². The highest BCUT2D eigenvalue weighted by molar-refractivity contribution is 6.00. The second kappa shape index (κ2) is 37.9. The van der Waals surface area contributed by atoms with E-state index in [4.69, 9.17) is 45.5 Å². The van der Waals surface area contributed by atoms with Crippen molar-refractivity contribution in [3.05, 3.63) is 30.0 Å². The van der Waals surface area contributed by atoms with Crippen LogP contribution in [-0.4, -0.2) is 175 Å². The largest absolute Gasteiger partial charge is 0.370 e. The summed E-state index contributed by atoms with van der Waals surface area (Å²) in [4.78, 5) is 130. The number of aromatic nitrogens is 2. The van der Waals surface area contributed by atoms with E-state index in [2.05, 4.69) is 57.8 Å². The van der Waals surface area contributed by atoms with Crippen molar-refractivity contribution in [2.24, 2.45) is 40.1 Å². The molecule has 0 radical (unpaired) electrons. The molecule has 1 aliphatic heterocycles. The summed E-state index contributed by atoms with van der Waals surface area (Å²) in [6.07, 6.45) is 10.4. The Morgan fingerprint density at radius 1 is 0.688 bits per heavy atom. The minimum Gasteiger partial charge on any atom is -0.370 e. The Labute approximate surface area is 450 Å². The number of likely N-dealkylation sites (tertiary alicyclic amines) is 1. The van der Waals surface area contributed by atoms with Gasteiger partial charge in [-0.3, -0.25) is 48.6 Å². The van der Waals surface area contributed by atoms with Gasteiger partial charge in [-0.15, -0.1) is 0 Å². The van der Waals surface area contributed by atoms with Gasteiger partial charge >= 0.3 is 0 Å². The first-order chi connectivity index (χ1) is 36.9. The summed E-state index contributed by atoms with van der Waals surface area (Å²) in [5.41, 5.74) is 40.1. The van der Waals surface area contributed by atoms with Crippen LogP contribution in [0.1, 0.15) is 109 Å². The number of rotatable bonds is 39. The fourth-order valence-electron chi connectivity index (χ4n) is 8.10. The highest BCUT2D eigenvalue weighted by Gasteiger charge is 2.39. The van der Waals surface area contributed by atoms with Gasteiger partial charge in [0.1, 0.15) is 41.9 Å². The molecule has 4 unspecified atom stereocenters. The topological polar surface area (TPSA) is 500 Å². The smallest absolute Gasteiger partial charge is 0.267 e. The number of amides is 9. The number of unbranched alkanes of at least 4 members (excludes halogenated alkanes) is 4. The van der Waals surface area contributed by atoms with Crippen LogP contribution in [0, 0.1) is 5.41 Å².